The number of hydrogen-bond acceptors (Lipinski definition) is 0. The van der Waals surface area contributed by atoms with Crippen LogP contribution < -0.4 is 24.8 Å². The zero-order valence-electron chi connectivity index (χ0n) is 14.9. The molecule has 0 saturated heterocycles. The van der Waals surface area contributed by atoms with Crippen molar-refractivity contribution in [1.82, 2.24) is 0 Å². The van der Waals surface area contributed by atoms with Gasteiger partial charge in [0.15, 0.2) is 0 Å². The predicted molar refractivity (Wildman–Crippen MR) is 85.1 cm³/mol. The summed E-state index contributed by atoms with van der Waals surface area (Å²) in [4.78, 5) is 0. The third kappa shape index (κ3) is 4.28. The monoisotopic (exact) mass is 416 g/mol. The molecule has 2 aliphatic rings. The zero-order valence-corrected chi connectivity index (χ0v) is 18.9. The molecule has 0 heterocycles. The van der Waals surface area contributed by atoms with E-state index in [1.807, 2.05) is 6.56 Å². The van der Waals surface area contributed by atoms with Crippen LogP contribution in [0.2, 0.25) is 0 Å². The second kappa shape index (κ2) is 8.50. The summed E-state index contributed by atoms with van der Waals surface area (Å²) in [5.41, 5.74) is 6.76. The number of halogens is 2. The van der Waals surface area contributed by atoms with E-state index < -0.39 is 23.2 Å². The molecule has 2 rings (SSSR count). The summed E-state index contributed by atoms with van der Waals surface area (Å²) in [7, 11) is 0. The van der Waals surface area contributed by atoms with Crippen LogP contribution in [-0.2, 0) is 23.2 Å². The van der Waals surface area contributed by atoms with Crippen molar-refractivity contribution >= 4 is 0 Å². The molecule has 0 N–H and O–H groups in total. The Kier molecular flexibility index (Phi) is 8.66. The second-order valence-corrected chi connectivity index (χ2v) is 10.5. The van der Waals surface area contributed by atoms with Gasteiger partial charge in [0.2, 0.25) is 0 Å². The molecule has 122 valence electrons. The predicted octanol–water partition coefficient (Wildman–Crippen LogP) is -0.0128. The van der Waals surface area contributed by atoms with Crippen molar-refractivity contribution in [2.75, 3.05) is 0 Å². The number of hydrogen-bond donors (Lipinski definition) is 0. The Morgan fingerprint density at radius 2 is 1.68 bits per heavy atom. The SMILES string of the molecule is CC1=C(C)C(C)(C)[C]([Zr+2][C]2=C(CC(C)C)C=CC2)=C1C.[Cl-].[Cl-]. The van der Waals surface area contributed by atoms with Gasteiger partial charge < -0.3 is 24.8 Å². The molecule has 0 bridgehead atoms. The first-order valence-corrected chi connectivity index (χ1v) is 10.3. The van der Waals surface area contributed by atoms with Gasteiger partial charge in [0.1, 0.15) is 0 Å². The van der Waals surface area contributed by atoms with Crippen LogP contribution >= 0.6 is 0 Å². The molecule has 0 aliphatic heterocycles. The topological polar surface area (TPSA) is 0 Å². The summed E-state index contributed by atoms with van der Waals surface area (Å²) < 4.78 is 3.64. The minimum Gasteiger partial charge on any atom is -1.00 e. The van der Waals surface area contributed by atoms with Crippen molar-refractivity contribution in [2.24, 2.45) is 11.3 Å². The smallest absolute Gasteiger partial charge is 1.00 e. The van der Waals surface area contributed by atoms with Gasteiger partial charge in [-0.15, -0.1) is 0 Å². The second-order valence-electron chi connectivity index (χ2n) is 7.21. The maximum Gasteiger partial charge on any atom is -1.00 e. The van der Waals surface area contributed by atoms with Crippen molar-refractivity contribution in [3.63, 3.8) is 0 Å². The average molecular weight is 419 g/mol. The summed E-state index contributed by atoms with van der Waals surface area (Å²) in [6, 6.07) is 0. The van der Waals surface area contributed by atoms with Crippen LogP contribution in [0.4, 0.5) is 0 Å². The van der Waals surface area contributed by atoms with Crippen molar-refractivity contribution in [2.45, 2.75) is 61.3 Å². The van der Waals surface area contributed by atoms with Gasteiger partial charge in [-0.3, -0.25) is 0 Å². The van der Waals surface area contributed by atoms with Crippen LogP contribution in [0, 0.1) is 11.3 Å². The minimum atomic E-state index is -0.612. The molecule has 3 heteroatoms. The molecule has 2 aliphatic carbocycles. The molecule has 0 fully saturated rings. The van der Waals surface area contributed by atoms with Crippen LogP contribution in [0.15, 0.2) is 41.0 Å². The van der Waals surface area contributed by atoms with E-state index in [0.717, 1.165) is 5.92 Å². The summed E-state index contributed by atoms with van der Waals surface area (Å²) in [6.45, 7) is 16.5. The Hall–Kier alpha value is 0.423. The Morgan fingerprint density at radius 1 is 1.09 bits per heavy atom. The van der Waals surface area contributed by atoms with Gasteiger partial charge in [0, 0.05) is 0 Å². The molecule has 0 aromatic carbocycles. The molecule has 0 nitrogen and oxygen atoms in total. The third-order valence-corrected chi connectivity index (χ3v) is 10.1. The fourth-order valence-corrected chi connectivity index (χ4v) is 7.59. The first kappa shape index (κ1) is 22.4. The van der Waals surface area contributed by atoms with E-state index in [-0.39, 0.29) is 24.8 Å². The van der Waals surface area contributed by atoms with Crippen molar-refractivity contribution < 1.29 is 48.0 Å². The molecule has 0 radical (unpaired) electrons. The van der Waals surface area contributed by atoms with E-state index in [1.165, 1.54) is 12.8 Å². The Bertz CT molecular complexity index is 546. The quantitative estimate of drug-likeness (QED) is 0.603. The fourth-order valence-electron chi connectivity index (χ4n) is 3.31. The summed E-state index contributed by atoms with van der Waals surface area (Å²) in [6.07, 6.45) is 7.30. The van der Waals surface area contributed by atoms with Crippen LogP contribution in [0.5, 0.6) is 0 Å². The summed E-state index contributed by atoms with van der Waals surface area (Å²) in [5, 5.41) is 0. The van der Waals surface area contributed by atoms with E-state index in [0.29, 0.717) is 5.41 Å². The van der Waals surface area contributed by atoms with Crippen LogP contribution in [0.25, 0.3) is 0 Å². The van der Waals surface area contributed by atoms with Crippen LogP contribution in [0.3, 0.4) is 0 Å². The molecular weight excluding hydrogens is 390 g/mol. The Morgan fingerprint density at radius 3 is 2.14 bits per heavy atom. The Balaban J connectivity index is 0.00000220. The molecular formula is C19H28Cl2Zr. The van der Waals surface area contributed by atoms with Crippen molar-refractivity contribution in [1.29, 1.82) is 0 Å². The van der Waals surface area contributed by atoms with Gasteiger partial charge in [-0.05, 0) is 0 Å². The molecule has 0 spiro atoms. The van der Waals surface area contributed by atoms with Gasteiger partial charge >= 0.3 is 137 Å². The van der Waals surface area contributed by atoms with Crippen molar-refractivity contribution in [3.8, 4) is 0 Å². The standard InChI is InChI=1S/C10H15.C9H13.2ClH.Zr/c1-7-6-10(4,5)9(3)8(7)2;1-8(2)7-9-5-3-4-6-9;;;/h1-5H3;3,5,8H,4,7H2,1-2H3;2*1H;/q;;;;+2/p-2. The maximum absolute atomic E-state index is 2.43. The minimum absolute atomic E-state index is 0. The average Bonchev–Trinajstić information content (AvgIpc) is 2.83. The largest absolute Gasteiger partial charge is 1.00 e. The summed E-state index contributed by atoms with van der Waals surface area (Å²) >= 11 is -0.612. The molecule has 0 atom stereocenters. The van der Waals surface area contributed by atoms with Crippen molar-refractivity contribution in [3.05, 3.63) is 41.0 Å². The van der Waals surface area contributed by atoms with E-state index in [2.05, 4.69) is 60.6 Å². The maximum atomic E-state index is 2.43. The van der Waals surface area contributed by atoms with E-state index >= 15 is 0 Å². The first-order chi connectivity index (χ1) is 9.25. The van der Waals surface area contributed by atoms with Gasteiger partial charge in [-0.2, -0.15) is 0 Å². The molecule has 0 aromatic heterocycles. The molecule has 0 aromatic rings. The number of allylic oxidation sites excluding steroid dienone is 8. The third-order valence-electron chi connectivity index (χ3n) is 5.00. The van der Waals surface area contributed by atoms with Crippen LogP contribution in [-0.4, -0.2) is 0 Å². The Labute approximate surface area is 161 Å². The number of rotatable bonds is 4. The van der Waals surface area contributed by atoms with Crippen LogP contribution in [0.1, 0.15) is 61.3 Å². The normalized spacial score (nSPS) is 19.6. The summed E-state index contributed by atoms with van der Waals surface area (Å²) in [5.74, 6) is 0.774. The van der Waals surface area contributed by atoms with Gasteiger partial charge in [-0.1, -0.05) is 0 Å². The van der Waals surface area contributed by atoms with Gasteiger partial charge in [0.05, 0.1) is 0 Å². The zero-order chi connectivity index (χ0) is 15.1. The molecule has 0 amide bonds. The molecule has 0 unspecified atom stereocenters. The van der Waals surface area contributed by atoms with E-state index in [1.54, 1.807) is 22.3 Å². The molecule has 0 saturated carbocycles. The van der Waals surface area contributed by atoms with Gasteiger partial charge in [-0.25, -0.2) is 0 Å². The first-order valence-electron chi connectivity index (χ1n) is 7.80. The van der Waals surface area contributed by atoms with E-state index in [4.69, 9.17) is 0 Å². The fraction of sp³-hybridized carbons (Fsp3) is 0.579. The van der Waals surface area contributed by atoms with E-state index in [9.17, 15) is 0 Å². The van der Waals surface area contributed by atoms with Gasteiger partial charge in [0.25, 0.3) is 0 Å². The molecule has 22 heavy (non-hydrogen) atoms.